The summed E-state index contributed by atoms with van der Waals surface area (Å²) in [4.78, 5) is 7.01. The highest BCUT2D eigenvalue weighted by molar-refractivity contribution is 5.44. The van der Waals surface area contributed by atoms with Gasteiger partial charge in [-0.25, -0.2) is 4.98 Å². The van der Waals surface area contributed by atoms with E-state index in [0.717, 1.165) is 24.6 Å². The van der Waals surface area contributed by atoms with Gasteiger partial charge in [-0.05, 0) is 18.9 Å². The van der Waals surface area contributed by atoms with Gasteiger partial charge < -0.3 is 15.4 Å². The molecule has 2 aliphatic rings. The molecule has 1 unspecified atom stereocenters. The van der Waals surface area contributed by atoms with Crippen molar-refractivity contribution in [1.82, 2.24) is 4.98 Å². The van der Waals surface area contributed by atoms with Gasteiger partial charge in [0.1, 0.15) is 5.82 Å². The summed E-state index contributed by atoms with van der Waals surface area (Å²) in [6.45, 7) is 3.16. The molecule has 2 aliphatic heterocycles. The summed E-state index contributed by atoms with van der Waals surface area (Å²) in [6.07, 6.45) is 2.41. The van der Waals surface area contributed by atoms with E-state index >= 15 is 0 Å². The average molecular weight is 219 g/mol. The van der Waals surface area contributed by atoms with Crippen molar-refractivity contribution < 1.29 is 4.74 Å². The van der Waals surface area contributed by atoms with Crippen LogP contribution in [0.4, 0.5) is 5.82 Å². The zero-order chi connectivity index (χ0) is 11.0. The minimum absolute atomic E-state index is 0.466. The Hall–Kier alpha value is -1.13. The van der Waals surface area contributed by atoms with E-state index in [-0.39, 0.29) is 0 Å². The number of nitrogens with zero attached hydrogens (tertiary/aromatic N) is 2. The number of ether oxygens (including phenoxy) is 1. The van der Waals surface area contributed by atoms with Gasteiger partial charge in [0.15, 0.2) is 0 Å². The van der Waals surface area contributed by atoms with E-state index in [9.17, 15) is 0 Å². The smallest absolute Gasteiger partial charge is 0.129 e. The van der Waals surface area contributed by atoms with E-state index in [1.165, 1.54) is 18.4 Å². The Morgan fingerprint density at radius 1 is 1.44 bits per heavy atom. The number of nitrogens with two attached hydrogens (primary N) is 1. The van der Waals surface area contributed by atoms with Crippen LogP contribution in [-0.2, 0) is 18.0 Å². The molecule has 4 nitrogen and oxygen atoms in total. The van der Waals surface area contributed by atoms with Crippen LogP contribution in [0, 0.1) is 0 Å². The zero-order valence-corrected chi connectivity index (χ0v) is 9.35. The highest BCUT2D eigenvalue weighted by Gasteiger charge is 2.25. The summed E-state index contributed by atoms with van der Waals surface area (Å²) in [6, 6.07) is 4.70. The second-order valence-corrected chi connectivity index (χ2v) is 4.49. The molecule has 4 heteroatoms. The second-order valence-electron chi connectivity index (χ2n) is 4.49. The average Bonchev–Trinajstić information content (AvgIpc) is 2.96. The maximum atomic E-state index is 5.78. The first-order chi connectivity index (χ1) is 7.88. The van der Waals surface area contributed by atoms with Crippen LogP contribution in [0.3, 0.4) is 0 Å². The number of fused-ring (bicyclic) bond motifs is 1. The molecule has 0 radical (unpaired) electrons. The van der Waals surface area contributed by atoms with Gasteiger partial charge in [0.2, 0.25) is 0 Å². The molecule has 1 fully saturated rings. The molecule has 0 bridgehead atoms. The summed E-state index contributed by atoms with van der Waals surface area (Å²) in [5.74, 6) is 1.07. The first-order valence-electron chi connectivity index (χ1n) is 5.92. The van der Waals surface area contributed by atoms with Crippen molar-refractivity contribution in [3.8, 4) is 0 Å². The van der Waals surface area contributed by atoms with Gasteiger partial charge in [-0.2, -0.15) is 0 Å². The van der Waals surface area contributed by atoms with Crippen LogP contribution < -0.4 is 10.6 Å². The fourth-order valence-electron chi connectivity index (χ4n) is 2.58. The number of hydrogen-bond acceptors (Lipinski definition) is 4. The standard InChI is InChI=1S/C12H17N3O/c13-6-10-2-1-5-15(10)12-4-3-9-7-16-8-11(9)14-12/h3-4,10H,1-2,5-8,13H2. The van der Waals surface area contributed by atoms with E-state index in [2.05, 4.69) is 22.0 Å². The Balaban J connectivity index is 1.89. The van der Waals surface area contributed by atoms with Crippen molar-refractivity contribution >= 4 is 5.82 Å². The third-order valence-electron chi connectivity index (χ3n) is 3.49. The summed E-state index contributed by atoms with van der Waals surface area (Å²) in [5.41, 5.74) is 8.11. The van der Waals surface area contributed by atoms with Crippen LogP contribution in [0.15, 0.2) is 12.1 Å². The molecule has 86 valence electrons. The van der Waals surface area contributed by atoms with Gasteiger partial charge in [-0.15, -0.1) is 0 Å². The highest BCUT2D eigenvalue weighted by atomic mass is 16.5. The molecule has 3 heterocycles. The van der Waals surface area contributed by atoms with Crippen LogP contribution in [0.25, 0.3) is 0 Å². The van der Waals surface area contributed by atoms with Crippen molar-refractivity contribution in [2.75, 3.05) is 18.0 Å². The Labute approximate surface area is 95.4 Å². The normalized spacial score (nSPS) is 23.8. The van der Waals surface area contributed by atoms with E-state index in [1.54, 1.807) is 0 Å². The fraction of sp³-hybridized carbons (Fsp3) is 0.583. The van der Waals surface area contributed by atoms with Crippen molar-refractivity contribution in [1.29, 1.82) is 0 Å². The van der Waals surface area contributed by atoms with Crippen molar-refractivity contribution in [3.63, 3.8) is 0 Å². The number of aromatic nitrogens is 1. The van der Waals surface area contributed by atoms with Gasteiger partial charge in [0, 0.05) is 24.7 Å². The summed E-state index contributed by atoms with van der Waals surface area (Å²) in [7, 11) is 0. The quantitative estimate of drug-likeness (QED) is 0.807. The molecule has 3 rings (SSSR count). The lowest BCUT2D eigenvalue weighted by atomic mass is 10.2. The van der Waals surface area contributed by atoms with Gasteiger partial charge in [0.25, 0.3) is 0 Å². The maximum absolute atomic E-state index is 5.78. The van der Waals surface area contributed by atoms with Crippen molar-refractivity contribution in [2.45, 2.75) is 32.1 Å². The highest BCUT2D eigenvalue weighted by Crippen LogP contribution is 2.26. The monoisotopic (exact) mass is 219 g/mol. The van der Waals surface area contributed by atoms with Gasteiger partial charge in [-0.1, -0.05) is 6.07 Å². The van der Waals surface area contributed by atoms with Crippen LogP contribution in [0.5, 0.6) is 0 Å². The van der Waals surface area contributed by atoms with Crippen LogP contribution in [-0.4, -0.2) is 24.1 Å². The third kappa shape index (κ3) is 1.58. The third-order valence-corrected chi connectivity index (χ3v) is 3.49. The predicted molar refractivity (Wildman–Crippen MR) is 62.2 cm³/mol. The number of hydrogen-bond donors (Lipinski definition) is 1. The maximum Gasteiger partial charge on any atom is 0.129 e. The lowest BCUT2D eigenvalue weighted by Crippen LogP contribution is -2.36. The summed E-state index contributed by atoms with van der Waals surface area (Å²) in [5, 5.41) is 0. The minimum Gasteiger partial charge on any atom is -0.370 e. The Morgan fingerprint density at radius 2 is 2.38 bits per heavy atom. The Kier molecular flexibility index (Phi) is 2.53. The zero-order valence-electron chi connectivity index (χ0n) is 9.35. The lowest BCUT2D eigenvalue weighted by Gasteiger charge is -2.24. The van der Waals surface area contributed by atoms with E-state index in [0.29, 0.717) is 19.3 Å². The molecule has 0 aromatic carbocycles. The molecule has 0 saturated carbocycles. The molecule has 0 aliphatic carbocycles. The molecular weight excluding hydrogens is 202 g/mol. The van der Waals surface area contributed by atoms with Crippen molar-refractivity contribution in [2.24, 2.45) is 5.73 Å². The van der Waals surface area contributed by atoms with Gasteiger partial charge in [0.05, 0.1) is 18.9 Å². The van der Waals surface area contributed by atoms with E-state index in [1.807, 2.05) is 0 Å². The first-order valence-corrected chi connectivity index (χ1v) is 5.92. The molecule has 0 spiro atoms. The summed E-state index contributed by atoms with van der Waals surface area (Å²) >= 11 is 0. The van der Waals surface area contributed by atoms with E-state index in [4.69, 9.17) is 10.5 Å². The largest absolute Gasteiger partial charge is 0.370 e. The Bertz CT molecular complexity index is 394. The number of pyridine rings is 1. The van der Waals surface area contributed by atoms with Crippen LogP contribution in [0.1, 0.15) is 24.1 Å². The molecule has 1 atom stereocenters. The first kappa shape index (κ1) is 10.1. The minimum atomic E-state index is 0.466. The molecule has 1 saturated heterocycles. The Morgan fingerprint density at radius 3 is 3.25 bits per heavy atom. The van der Waals surface area contributed by atoms with Crippen molar-refractivity contribution in [3.05, 3.63) is 23.4 Å². The van der Waals surface area contributed by atoms with Gasteiger partial charge in [-0.3, -0.25) is 0 Å². The SMILES string of the molecule is NCC1CCCN1c1ccc2c(n1)COC2. The molecule has 1 aromatic heterocycles. The summed E-state index contributed by atoms with van der Waals surface area (Å²) < 4.78 is 5.38. The molecule has 1 aromatic rings. The topological polar surface area (TPSA) is 51.4 Å². The van der Waals surface area contributed by atoms with Gasteiger partial charge >= 0.3 is 0 Å². The van der Waals surface area contributed by atoms with Crippen LogP contribution >= 0.6 is 0 Å². The predicted octanol–water partition coefficient (Wildman–Crippen LogP) is 1.04. The molecule has 0 amide bonds. The molecule has 16 heavy (non-hydrogen) atoms. The van der Waals surface area contributed by atoms with E-state index < -0.39 is 0 Å². The fourth-order valence-corrected chi connectivity index (χ4v) is 2.58. The second kappa shape index (κ2) is 4.03. The lowest BCUT2D eigenvalue weighted by molar-refractivity contribution is 0.133. The van der Waals surface area contributed by atoms with Crippen LogP contribution in [0.2, 0.25) is 0 Å². The number of rotatable bonds is 2. The number of anilines is 1. The molecule has 2 N–H and O–H groups in total. The molecular formula is C12H17N3O.